The van der Waals surface area contributed by atoms with E-state index in [4.69, 9.17) is 16.9 Å². The van der Waals surface area contributed by atoms with Crippen molar-refractivity contribution in [3.63, 3.8) is 0 Å². The third kappa shape index (κ3) is 2.85. The number of anilines is 1. The molecule has 15 heavy (non-hydrogen) atoms. The van der Waals surface area contributed by atoms with Gasteiger partial charge in [0.05, 0.1) is 6.07 Å². The highest BCUT2D eigenvalue weighted by Gasteiger charge is 2.18. The van der Waals surface area contributed by atoms with Crippen LogP contribution in [0.5, 0.6) is 0 Å². The Morgan fingerprint density at radius 3 is 2.60 bits per heavy atom. The van der Waals surface area contributed by atoms with Crippen molar-refractivity contribution in [2.45, 2.75) is 26.1 Å². The van der Waals surface area contributed by atoms with Crippen LogP contribution in [0.15, 0.2) is 24.3 Å². The minimum absolute atomic E-state index is 0.400. The third-order valence-electron chi connectivity index (χ3n) is 2.11. The van der Waals surface area contributed by atoms with Crippen molar-refractivity contribution in [3.05, 3.63) is 29.3 Å². The zero-order valence-electron chi connectivity index (χ0n) is 8.68. The summed E-state index contributed by atoms with van der Waals surface area (Å²) in [7, 11) is 0. The van der Waals surface area contributed by atoms with Crippen molar-refractivity contribution >= 4 is 17.3 Å². The first kappa shape index (κ1) is 11.8. The minimum Gasteiger partial charge on any atom is -0.374 e. The van der Waals surface area contributed by atoms with Gasteiger partial charge in [0.15, 0.2) is 0 Å². The molecule has 3 nitrogen and oxygen atoms in total. The van der Waals surface area contributed by atoms with Gasteiger partial charge in [-0.05, 0) is 32.0 Å². The van der Waals surface area contributed by atoms with Crippen LogP contribution in [0.1, 0.15) is 13.8 Å². The molecule has 0 aliphatic heterocycles. The van der Waals surface area contributed by atoms with Gasteiger partial charge in [0.2, 0.25) is 0 Å². The van der Waals surface area contributed by atoms with Crippen molar-refractivity contribution < 1.29 is 5.11 Å². The number of rotatable bonds is 3. The second-order valence-electron chi connectivity index (χ2n) is 3.32. The Bertz CT molecular complexity index is 373. The van der Waals surface area contributed by atoms with E-state index in [1.165, 1.54) is 0 Å². The van der Waals surface area contributed by atoms with Crippen LogP contribution in [0.2, 0.25) is 5.02 Å². The van der Waals surface area contributed by atoms with Crippen molar-refractivity contribution in [3.8, 4) is 6.07 Å². The summed E-state index contributed by atoms with van der Waals surface area (Å²) >= 11 is 5.85. The fraction of sp³-hybridized carbons (Fsp3) is 0.364. The molecule has 1 aromatic rings. The Kier molecular flexibility index (Phi) is 3.96. The van der Waals surface area contributed by atoms with Gasteiger partial charge in [0.25, 0.3) is 0 Å². The first-order chi connectivity index (χ1) is 7.06. The molecule has 0 fully saturated rings. The topological polar surface area (TPSA) is 47.3 Å². The molecule has 0 radical (unpaired) electrons. The number of nitriles is 1. The Labute approximate surface area is 94.5 Å². The molecule has 1 aromatic carbocycles. The maximum Gasteiger partial charge on any atom is 0.125 e. The normalized spacial score (nSPS) is 14.1. The molecule has 0 saturated heterocycles. The second kappa shape index (κ2) is 5.01. The van der Waals surface area contributed by atoms with Gasteiger partial charge in [0, 0.05) is 10.7 Å². The van der Waals surface area contributed by atoms with Crippen LogP contribution in [0.3, 0.4) is 0 Å². The molecule has 0 amide bonds. The van der Waals surface area contributed by atoms with Crippen LogP contribution in [0.25, 0.3) is 0 Å². The molecule has 0 aromatic heterocycles. The van der Waals surface area contributed by atoms with Crippen molar-refractivity contribution in [1.82, 2.24) is 0 Å². The average Bonchev–Trinajstić information content (AvgIpc) is 2.17. The quantitative estimate of drug-likeness (QED) is 0.802. The molecule has 2 atom stereocenters. The fourth-order valence-electron chi connectivity index (χ4n) is 1.46. The molecule has 1 rings (SSSR count). The lowest BCUT2D eigenvalue weighted by Gasteiger charge is -2.30. The van der Waals surface area contributed by atoms with Crippen LogP contribution >= 0.6 is 11.6 Å². The van der Waals surface area contributed by atoms with E-state index in [0.717, 1.165) is 5.69 Å². The summed E-state index contributed by atoms with van der Waals surface area (Å²) in [6.07, 6.45) is -0.724. The van der Waals surface area contributed by atoms with Gasteiger partial charge in [0.1, 0.15) is 12.3 Å². The first-order valence-corrected chi connectivity index (χ1v) is 5.05. The molecule has 80 valence electrons. The molecule has 0 aliphatic rings. The average molecular weight is 225 g/mol. The number of aliphatic hydroxyl groups excluding tert-OH is 1. The summed E-state index contributed by atoms with van der Waals surface area (Å²) in [5.74, 6) is 0. The number of benzene rings is 1. The van der Waals surface area contributed by atoms with Crippen LogP contribution in [-0.2, 0) is 0 Å². The van der Waals surface area contributed by atoms with Crippen LogP contribution in [-0.4, -0.2) is 17.4 Å². The highest BCUT2D eigenvalue weighted by atomic mass is 35.5. The van der Waals surface area contributed by atoms with E-state index in [1.807, 2.05) is 6.07 Å². The van der Waals surface area contributed by atoms with Crippen LogP contribution < -0.4 is 4.90 Å². The molecular formula is C11H13ClN2O. The highest BCUT2D eigenvalue weighted by molar-refractivity contribution is 6.30. The molecule has 0 aliphatic carbocycles. The summed E-state index contributed by atoms with van der Waals surface area (Å²) in [6.45, 7) is 3.35. The Morgan fingerprint density at radius 1 is 1.47 bits per heavy atom. The molecule has 0 saturated carbocycles. The largest absolute Gasteiger partial charge is 0.374 e. The smallest absolute Gasteiger partial charge is 0.125 e. The minimum atomic E-state index is -0.724. The van der Waals surface area contributed by atoms with Crippen molar-refractivity contribution in [1.29, 1.82) is 5.26 Å². The van der Waals surface area contributed by atoms with Crippen LogP contribution in [0.4, 0.5) is 5.69 Å². The zero-order valence-corrected chi connectivity index (χ0v) is 9.44. The molecule has 0 spiro atoms. The fourth-order valence-corrected chi connectivity index (χ4v) is 1.65. The Hall–Kier alpha value is -1.24. The van der Waals surface area contributed by atoms with E-state index < -0.39 is 12.3 Å². The number of hydrogen-bond donors (Lipinski definition) is 1. The second-order valence-corrected chi connectivity index (χ2v) is 3.76. The molecule has 1 N–H and O–H groups in total. The summed E-state index contributed by atoms with van der Waals surface area (Å²) < 4.78 is 0. The predicted octanol–water partition coefficient (Wildman–Crippen LogP) is 2.40. The van der Waals surface area contributed by atoms with Crippen molar-refractivity contribution in [2.24, 2.45) is 0 Å². The van der Waals surface area contributed by atoms with Crippen LogP contribution in [0, 0.1) is 11.3 Å². The Balaban J connectivity index is 3.05. The molecule has 2 unspecified atom stereocenters. The number of hydrogen-bond acceptors (Lipinski definition) is 3. The molecule has 0 heterocycles. The van der Waals surface area contributed by atoms with E-state index >= 15 is 0 Å². The summed E-state index contributed by atoms with van der Waals surface area (Å²) in [5, 5.41) is 19.0. The SMILES string of the molecule is CC(O)N(c1cccc(Cl)c1)C(C)C#N. The lowest BCUT2D eigenvalue weighted by atomic mass is 10.2. The number of halogens is 1. The monoisotopic (exact) mass is 224 g/mol. The Morgan fingerprint density at radius 2 is 2.13 bits per heavy atom. The lowest BCUT2D eigenvalue weighted by Crippen LogP contribution is -2.39. The van der Waals surface area contributed by atoms with E-state index in [-0.39, 0.29) is 0 Å². The summed E-state index contributed by atoms with van der Waals surface area (Å²) in [6, 6.07) is 8.76. The van der Waals surface area contributed by atoms with E-state index in [1.54, 1.807) is 36.9 Å². The molecule has 0 bridgehead atoms. The predicted molar refractivity (Wildman–Crippen MR) is 60.7 cm³/mol. The maximum absolute atomic E-state index is 9.59. The van der Waals surface area contributed by atoms with Gasteiger partial charge < -0.3 is 10.0 Å². The number of aliphatic hydroxyl groups is 1. The van der Waals surface area contributed by atoms with Gasteiger partial charge in [-0.2, -0.15) is 5.26 Å². The van der Waals surface area contributed by atoms with E-state index in [2.05, 4.69) is 6.07 Å². The van der Waals surface area contributed by atoms with Gasteiger partial charge in [-0.3, -0.25) is 0 Å². The summed E-state index contributed by atoms with van der Waals surface area (Å²) in [4.78, 5) is 1.60. The standard InChI is InChI=1S/C11H13ClN2O/c1-8(7-13)14(9(2)15)11-5-3-4-10(12)6-11/h3-6,8-9,15H,1-2H3. The van der Waals surface area contributed by atoms with Gasteiger partial charge in [-0.15, -0.1) is 0 Å². The lowest BCUT2D eigenvalue weighted by molar-refractivity contribution is 0.184. The summed E-state index contributed by atoms with van der Waals surface area (Å²) in [5.41, 5.74) is 0.742. The van der Waals surface area contributed by atoms with Gasteiger partial charge in [-0.25, -0.2) is 0 Å². The van der Waals surface area contributed by atoms with Crippen molar-refractivity contribution in [2.75, 3.05) is 4.90 Å². The first-order valence-electron chi connectivity index (χ1n) is 4.68. The molecular weight excluding hydrogens is 212 g/mol. The highest BCUT2D eigenvalue weighted by Crippen LogP contribution is 2.22. The third-order valence-corrected chi connectivity index (χ3v) is 2.35. The maximum atomic E-state index is 9.59. The number of nitrogens with zero attached hydrogens (tertiary/aromatic N) is 2. The molecule has 4 heteroatoms. The zero-order chi connectivity index (χ0) is 11.4. The van der Waals surface area contributed by atoms with Gasteiger partial charge in [-0.1, -0.05) is 17.7 Å². The van der Waals surface area contributed by atoms with E-state index in [9.17, 15) is 5.11 Å². The van der Waals surface area contributed by atoms with Gasteiger partial charge >= 0.3 is 0 Å². The van der Waals surface area contributed by atoms with E-state index in [0.29, 0.717) is 5.02 Å².